The maximum absolute atomic E-state index is 12.0. The fraction of sp³-hybridized carbons (Fsp3) is 0.158. The van der Waals surface area contributed by atoms with Crippen molar-refractivity contribution in [2.45, 2.75) is 13.3 Å². The van der Waals surface area contributed by atoms with Gasteiger partial charge in [-0.15, -0.1) is 0 Å². The van der Waals surface area contributed by atoms with Crippen LogP contribution in [0.1, 0.15) is 24.5 Å². The normalized spacial score (nSPS) is 15.4. The van der Waals surface area contributed by atoms with E-state index in [4.69, 9.17) is 9.57 Å². The molecule has 0 bridgehead atoms. The SMILES string of the molecule is CCCOc1cccc(/C=C2/C(=O)ON=C2c2ccccc2)c1. The number of hydrogen-bond donors (Lipinski definition) is 0. The second-order valence-corrected chi connectivity index (χ2v) is 5.16. The lowest BCUT2D eigenvalue weighted by Crippen LogP contribution is -2.06. The molecule has 23 heavy (non-hydrogen) atoms. The molecule has 0 saturated heterocycles. The Bertz CT molecular complexity index is 763. The van der Waals surface area contributed by atoms with Gasteiger partial charge in [0.1, 0.15) is 11.5 Å². The molecular weight excluding hydrogens is 290 g/mol. The lowest BCUT2D eigenvalue weighted by Gasteiger charge is -2.05. The molecule has 0 aromatic heterocycles. The average molecular weight is 307 g/mol. The molecule has 0 atom stereocenters. The zero-order valence-electron chi connectivity index (χ0n) is 12.9. The highest BCUT2D eigenvalue weighted by molar-refractivity contribution is 6.31. The molecule has 0 N–H and O–H groups in total. The lowest BCUT2D eigenvalue weighted by molar-refractivity contribution is -0.136. The summed E-state index contributed by atoms with van der Waals surface area (Å²) in [6.07, 6.45) is 2.72. The van der Waals surface area contributed by atoms with Crippen LogP contribution in [0.2, 0.25) is 0 Å². The monoisotopic (exact) mass is 307 g/mol. The molecule has 4 heteroatoms. The fourth-order valence-electron chi connectivity index (χ4n) is 2.29. The van der Waals surface area contributed by atoms with Crippen molar-refractivity contribution in [1.29, 1.82) is 0 Å². The third kappa shape index (κ3) is 3.48. The molecule has 4 nitrogen and oxygen atoms in total. The molecule has 0 fully saturated rings. The molecule has 1 aliphatic rings. The first-order chi connectivity index (χ1) is 11.3. The van der Waals surface area contributed by atoms with Crippen molar-refractivity contribution in [3.8, 4) is 5.75 Å². The number of benzene rings is 2. The largest absolute Gasteiger partial charge is 0.494 e. The van der Waals surface area contributed by atoms with Gasteiger partial charge in [-0.2, -0.15) is 0 Å². The maximum Gasteiger partial charge on any atom is 0.368 e. The Morgan fingerprint density at radius 1 is 1.13 bits per heavy atom. The van der Waals surface area contributed by atoms with Crippen LogP contribution >= 0.6 is 0 Å². The third-order valence-corrected chi connectivity index (χ3v) is 3.38. The van der Waals surface area contributed by atoms with Crippen molar-refractivity contribution in [1.82, 2.24) is 0 Å². The van der Waals surface area contributed by atoms with Gasteiger partial charge in [0.2, 0.25) is 0 Å². The number of carbonyl (C=O) groups is 1. The van der Waals surface area contributed by atoms with Gasteiger partial charge in [0.05, 0.1) is 12.2 Å². The van der Waals surface area contributed by atoms with Crippen LogP contribution in [0.25, 0.3) is 6.08 Å². The van der Waals surface area contributed by atoms with Gasteiger partial charge in [-0.25, -0.2) is 4.79 Å². The highest BCUT2D eigenvalue weighted by atomic mass is 16.7. The van der Waals surface area contributed by atoms with Crippen LogP contribution in [0, 0.1) is 0 Å². The van der Waals surface area contributed by atoms with Gasteiger partial charge in [0.15, 0.2) is 0 Å². The lowest BCUT2D eigenvalue weighted by atomic mass is 10.0. The first-order valence-corrected chi connectivity index (χ1v) is 7.57. The highest BCUT2D eigenvalue weighted by Gasteiger charge is 2.26. The van der Waals surface area contributed by atoms with Crippen molar-refractivity contribution in [3.05, 3.63) is 71.3 Å². The maximum atomic E-state index is 12.0. The molecule has 116 valence electrons. The molecule has 0 aliphatic carbocycles. The Hall–Kier alpha value is -2.88. The summed E-state index contributed by atoms with van der Waals surface area (Å²) in [5.41, 5.74) is 2.72. The summed E-state index contributed by atoms with van der Waals surface area (Å²) in [6.45, 7) is 2.72. The van der Waals surface area contributed by atoms with E-state index in [9.17, 15) is 4.79 Å². The average Bonchev–Trinajstić information content (AvgIpc) is 2.95. The zero-order chi connectivity index (χ0) is 16.1. The Labute approximate surface area is 135 Å². The standard InChI is InChI=1S/C19H17NO3/c1-2-11-22-16-10-6-7-14(12-16)13-17-18(20-23-19(17)21)15-8-4-3-5-9-15/h3-10,12-13H,2,11H2,1H3/b17-13+. The van der Waals surface area contributed by atoms with E-state index in [2.05, 4.69) is 12.1 Å². The van der Waals surface area contributed by atoms with E-state index in [0.29, 0.717) is 17.9 Å². The van der Waals surface area contributed by atoms with Crippen LogP contribution < -0.4 is 4.74 Å². The van der Waals surface area contributed by atoms with E-state index >= 15 is 0 Å². The molecule has 3 rings (SSSR count). The molecule has 2 aromatic carbocycles. The van der Waals surface area contributed by atoms with E-state index in [-0.39, 0.29) is 0 Å². The molecule has 0 amide bonds. The second-order valence-electron chi connectivity index (χ2n) is 5.16. The summed E-state index contributed by atoms with van der Waals surface area (Å²) < 4.78 is 5.62. The Morgan fingerprint density at radius 2 is 1.96 bits per heavy atom. The molecule has 1 heterocycles. The summed E-state index contributed by atoms with van der Waals surface area (Å²) in [5.74, 6) is 0.342. The summed E-state index contributed by atoms with van der Waals surface area (Å²) >= 11 is 0. The van der Waals surface area contributed by atoms with E-state index in [0.717, 1.165) is 23.3 Å². The number of carbonyl (C=O) groups excluding carboxylic acids is 1. The number of rotatable bonds is 5. The number of hydrogen-bond acceptors (Lipinski definition) is 4. The summed E-state index contributed by atoms with van der Waals surface area (Å²) in [6, 6.07) is 17.1. The van der Waals surface area contributed by atoms with Gasteiger partial charge < -0.3 is 9.57 Å². The van der Waals surface area contributed by atoms with Crippen LogP contribution in [-0.2, 0) is 9.63 Å². The van der Waals surface area contributed by atoms with Gasteiger partial charge in [0.25, 0.3) is 0 Å². The van der Waals surface area contributed by atoms with Crippen LogP contribution in [0.15, 0.2) is 65.3 Å². The third-order valence-electron chi connectivity index (χ3n) is 3.38. The highest BCUT2D eigenvalue weighted by Crippen LogP contribution is 2.22. The number of nitrogens with zero attached hydrogens (tertiary/aromatic N) is 1. The van der Waals surface area contributed by atoms with Crippen LogP contribution in [0.3, 0.4) is 0 Å². The van der Waals surface area contributed by atoms with E-state index in [1.165, 1.54) is 0 Å². The Morgan fingerprint density at radius 3 is 2.74 bits per heavy atom. The van der Waals surface area contributed by atoms with E-state index in [1.54, 1.807) is 6.08 Å². The topological polar surface area (TPSA) is 47.9 Å². The molecule has 0 saturated carbocycles. The minimum absolute atomic E-state index is 0.441. The van der Waals surface area contributed by atoms with Gasteiger partial charge in [0, 0.05) is 5.56 Å². The van der Waals surface area contributed by atoms with Crippen molar-refractivity contribution in [3.63, 3.8) is 0 Å². The second kappa shape index (κ2) is 6.92. The van der Waals surface area contributed by atoms with E-state index in [1.807, 2.05) is 54.6 Å². The molecule has 0 spiro atoms. The van der Waals surface area contributed by atoms with Crippen LogP contribution in [-0.4, -0.2) is 18.3 Å². The minimum atomic E-state index is -0.441. The smallest absolute Gasteiger partial charge is 0.368 e. The zero-order valence-corrected chi connectivity index (χ0v) is 12.9. The molecule has 0 unspecified atom stereocenters. The van der Waals surface area contributed by atoms with Gasteiger partial charge in [-0.05, 0) is 30.2 Å². The van der Waals surface area contributed by atoms with Crippen molar-refractivity contribution in [2.24, 2.45) is 5.16 Å². The predicted molar refractivity (Wildman–Crippen MR) is 89.3 cm³/mol. The Balaban J connectivity index is 1.91. The van der Waals surface area contributed by atoms with Crippen molar-refractivity contribution >= 4 is 17.8 Å². The first-order valence-electron chi connectivity index (χ1n) is 7.57. The molecule has 2 aromatic rings. The minimum Gasteiger partial charge on any atom is -0.494 e. The van der Waals surface area contributed by atoms with Gasteiger partial charge in [-0.1, -0.05) is 54.5 Å². The fourth-order valence-corrected chi connectivity index (χ4v) is 2.29. The summed E-state index contributed by atoms with van der Waals surface area (Å²) in [4.78, 5) is 16.8. The van der Waals surface area contributed by atoms with E-state index < -0.39 is 5.97 Å². The summed E-state index contributed by atoms with van der Waals surface area (Å²) in [5, 5.41) is 3.90. The molecular formula is C19H17NO3. The number of ether oxygens (including phenoxy) is 1. The van der Waals surface area contributed by atoms with Crippen molar-refractivity contribution < 1.29 is 14.4 Å². The molecule has 1 aliphatic heterocycles. The van der Waals surface area contributed by atoms with Gasteiger partial charge >= 0.3 is 5.97 Å². The van der Waals surface area contributed by atoms with Gasteiger partial charge in [-0.3, -0.25) is 0 Å². The van der Waals surface area contributed by atoms with Crippen molar-refractivity contribution in [2.75, 3.05) is 6.61 Å². The predicted octanol–water partition coefficient (Wildman–Crippen LogP) is 3.82. The summed E-state index contributed by atoms with van der Waals surface area (Å²) in [7, 11) is 0. The van der Waals surface area contributed by atoms with Crippen LogP contribution in [0.5, 0.6) is 5.75 Å². The first kappa shape index (κ1) is 15.0. The Kier molecular flexibility index (Phi) is 4.52. The quantitative estimate of drug-likeness (QED) is 0.623. The number of oxime groups is 1. The van der Waals surface area contributed by atoms with Crippen LogP contribution in [0.4, 0.5) is 0 Å². The molecule has 0 radical (unpaired) electrons.